The summed E-state index contributed by atoms with van der Waals surface area (Å²) in [6, 6.07) is 7.47. The predicted molar refractivity (Wildman–Crippen MR) is 128 cm³/mol. The van der Waals surface area contributed by atoms with Crippen molar-refractivity contribution in [1.82, 2.24) is 15.2 Å². The van der Waals surface area contributed by atoms with Gasteiger partial charge in [0.15, 0.2) is 0 Å². The number of amides is 1. The van der Waals surface area contributed by atoms with Gasteiger partial charge in [-0.1, -0.05) is 50.8 Å². The van der Waals surface area contributed by atoms with E-state index in [0.29, 0.717) is 18.6 Å². The number of aromatic nitrogens is 1. The molecule has 6 heteroatoms. The molecule has 6 nitrogen and oxygen atoms in total. The molecule has 1 aliphatic rings. The fourth-order valence-electron chi connectivity index (χ4n) is 3.90. The van der Waals surface area contributed by atoms with E-state index in [4.69, 9.17) is 4.74 Å². The molecule has 2 aromatic rings. The largest absolute Gasteiger partial charge is 0.462 e. The molecular weight excluding hydrogens is 402 g/mol. The lowest BCUT2D eigenvalue weighted by atomic mass is 9.90. The van der Waals surface area contributed by atoms with Crippen LogP contribution in [0.3, 0.4) is 0 Å². The van der Waals surface area contributed by atoms with Crippen molar-refractivity contribution in [1.29, 1.82) is 0 Å². The normalized spacial score (nSPS) is 18.8. The summed E-state index contributed by atoms with van der Waals surface area (Å²) in [7, 11) is 3.53. The Morgan fingerprint density at radius 1 is 1.25 bits per heavy atom. The van der Waals surface area contributed by atoms with E-state index in [1.54, 1.807) is 38.1 Å². The molecular formula is C26H33N3O3. The van der Waals surface area contributed by atoms with Gasteiger partial charge in [-0.3, -0.25) is 10.1 Å². The van der Waals surface area contributed by atoms with Crippen molar-refractivity contribution in [2.75, 3.05) is 20.7 Å². The van der Waals surface area contributed by atoms with Crippen LogP contribution in [0.4, 0.5) is 0 Å². The third-order valence-electron chi connectivity index (χ3n) is 5.59. The highest BCUT2D eigenvalue weighted by molar-refractivity contribution is 5.92. The van der Waals surface area contributed by atoms with Gasteiger partial charge in [0.1, 0.15) is 0 Å². The number of nitrogens with zero attached hydrogens (tertiary/aromatic N) is 1. The Labute approximate surface area is 190 Å². The van der Waals surface area contributed by atoms with Crippen LogP contribution in [-0.4, -0.2) is 48.5 Å². The topological polar surface area (TPSA) is 74.4 Å². The Hall–Kier alpha value is -3.12. The maximum Gasteiger partial charge on any atom is 0.337 e. The molecule has 32 heavy (non-hydrogen) atoms. The first-order valence-corrected chi connectivity index (χ1v) is 11.0. The van der Waals surface area contributed by atoms with E-state index in [1.807, 2.05) is 38.1 Å². The zero-order chi connectivity index (χ0) is 23.4. The van der Waals surface area contributed by atoms with Gasteiger partial charge in [0.05, 0.1) is 24.3 Å². The molecule has 1 aliphatic heterocycles. The molecule has 2 atom stereocenters. The standard InChI is InChI=1S/C26H33N3O3/c1-7-18(26(31)32-15-16(2)3)13-12-17(4)23-24-20(14-22(28-23)25(30)29(5)6)19-10-8-9-11-21(19)27-24/h7-13,16,22-23,27-28H,4,14-15H2,1-3,5-6H3/b13-12-,18-7+/t22-,23+/m1/s1. The summed E-state index contributed by atoms with van der Waals surface area (Å²) in [5.41, 5.74) is 4.39. The van der Waals surface area contributed by atoms with Crippen LogP contribution in [-0.2, 0) is 20.7 Å². The first-order valence-electron chi connectivity index (χ1n) is 11.0. The predicted octanol–water partition coefficient (Wildman–Crippen LogP) is 4.07. The maximum atomic E-state index is 12.8. The van der Waals surface area contributed by atoms with Gasteiger partial charge in [-0.05, 0) is 42.5 Å². The number of nitrogens with one attached hydrogen (secondary N) is 2. The van der Waals surface area contributed by atoms with Crippen molar-refractivity contribution in [3.8, 4) is 0 Å². The number of ether oxygens (including phenoxy) is 1. The van der Waals surface area contributed by atoms with Crippen LogP contribution in [0.5, 0.6) is 0 Å². The monoisotopic (exact) mass is 435 g/mol. The number of aromatic amines is 1. The second-order valence-corrected chi connectivity index (χ2v) is 8.80. The number of carbonyl (C=O) groups excluding carboxylic acids is 2. The second kappa shape index (κ2) is 10.0. The molecule has 3 rings (SSSR count). The Kier molecular flexibility index (Phi) is 7.36. The SMILES string of the molecule is C=C(/C=C\C(=C/C)C(=O)OCC(C)C)[C@@H]1N[C@@H](C(=O)N(C)C)Cc2c1[nH]c1ccccc21. The minimum absolute atomic E-state index is 0.0223. The number of allylic oxidation sites excluding steroid dienone is 1. The minimum atomic E-state index is -0.357. The van der Waals surface area contributed by atoms with Gasteiger partial charge < -0.3 is 14.6 Å². The van der Waals surface area contributed by atoms with Crippen LogP contribution in [0.1, 0.15) is 38.1 Å². The summed E-state index contributed by atoms with van der Waals surface area (Å²) >= 11 is 0. The lowest BCUT2D eigenvalue weighted by Gasteiger charge is -2.32. The van der Waals surface area contributed by atoms with Crippen molar-refractivity contribution in [2.24, 2.45) is 5.92 Å². The number of H-pyrrole nitrogens is 1. The number of esters is 1. The number of benzene rings is 1. The van der Waals surface area contributed by atoms with Crippen LogP contribution in [0.2, 0.25) is 0 Å². The summed E-state index contributed by atoms with van der Waals surface area (Å²) < 4.78 is 5.35. The third-order valence-corrected chi connectivity index (χ3v) is 5.59. The van der Waals surface area contributed by atoms with Crippen LogP contribution >= 0.6 is 0 Å². The van der Waals surface area contributed by atoms with Gasteiger partial charge in [0.2, 0.25) is 5.91 Å². The average Bonchev–Trinajstić information content (AvgIpc) is 3.15. The van der Waals surface area contributed by atoms with E-state index >= 15 is 0 Å². The third kappa shape index (κ3) is 5.02. The fraction of sp³-hybridized carbons (Fsp3) is 0.385. The molecule has 0 aliphatic carbocycles. The minimum Gasteiger partial charge on any atom is -0.462 e. The fourth-order valence-corrected chi connectivity index (χ4v) is 3.90. The molecule has 1 amide bonds. The van der Waals surface area contributed by atoms with E-state index in [-0.39, 0.29) is 29.9 Å². The summed E-state index contributed by atoms with van der Waals surface area (Å²) in [4.78, 5) is 30.3. The maximum absolute atomic E-state index is 12.8. The number of hydrogen-bond acceptors (Lipinski definition) is 4. The number of fused-ring (bicyclic) bond motifs is 3. The van der Waals surface area contributed by atoms with Crippen molar-refractivity contribution >= 4 is 22.8 Å². The molecule has 1 aromatic carbocycles. The second-order valence-electron chi connectivity index (χ2n) is 8.80. The lowest BCUT2D eigenvalue weighted by molar-refractivity contribution is -0.139. The van der Waals surface area contributed by atoms with Gasteiger partial charge in [-0.2, -0.15) is 0 Å². The smallest absolute Gasteiger partial charge is 0.337 e. The lowest BCUT2D eigenvalue weighted by Crippen LogP contribution is -2.49. The first-order chi connectivity index (χ1) is 15.2. The highest BCUT2D eigenvalue weighted by atomic mass is 16.5. The van der Waals surface area contributed by atoms with Gasteiger partial charge in [-0.25, -0.2) is 4.79 Å². The zero-order valence-electron chi connectivity index (χ0n) is 19.6. The number of hydrogen-bond donors (Lipinski definition) is 2. The first kappa shape index (κ1) is 23.5. The molecule has 0 fully saturated rings. The zero-order valence-corrected chi connectivity index (χ0v) is 19.6. The molecule has 2 N–H and O–H groups in total. The van der Waals surface area contributed by atoms with Gasteiger partial charge in [0.25, 0.3) is 0 Å². The van der Waals surface area contributed by atoms with E-state index in [0.717, 1.165) is 27.7 Å². The highest BCUT2D eigenvalue weighted by Crippen LogP contribution is 2.35. The highest BCUT2D eigenvalue weighted by Gasteiger charge is 2.34. The number of likely N-dealkylation sites (N-methyl/N-ethyl adjacent to an activating group) is 1. The summed E-state index contributed by atoms with van der Waals surface area (Å²) in [6.45, 7) is 10.4. The molecule has 0 saturated heterocycles. The van der Waals surface area contributed by atoms with Crippen molar-refractivity contribution in [3.63, 3.8) is 0 Å². The summed E-state index contributed by atoms with van der Waals surface area (Å²) in [6.07, 6.45) is 5.88. The number of para-hydroxylation sites is 1. The van der Waals surface area contributed by atoms with E-state index < -0.39 is 0 Å². The van der Waals surface area contributed by atoms with Crippen LogP contribution in [0.25, 0.3) is 10.9 Å². The van der Waals surface area contributed by atoms with Crippen LogP contribution in [0.15, 0.2) is 60.2 Å². The molecule has 0 spiro atoms. The van der Waals surface area contributed by atoms with Crippen LogP contribution < -0.4 is 5.32 Å². The molecule has 2 heterocycles. The van der Waals surface area contributed by atoms with Gasteiger partial charge in [-0.15, -0.1) is 0 Å². The molecule has 0 saturated carbocycles. The molecule has 0 bridgehead atoms. The van der Waals surface area contributed by atoms with E-state index in [1.165, 1.54) is 0 Å². The molecule has 1 aromatic heterocycles. The number of rotatable bonds is 7. The molecule has 0 radical (unpaired) electrons. The molecule has 170 valence electrons. The van der Waals surface area contributed by atoms with Crippen molar-refractivity contribution < 1.29 is 14.3 Å². The van der Waals surface area contributed by atoms with E-state index in [2.05, 4.69) is 22.9 Å². The van der Waals surface area contributed by atoms with Crippen LogP contribution in [0, 0.1) is 5.92 Å². The Balaban J connectivity index is 1.90. The Morgan fingerprint density at radius 2 is 1.97 bits per heavy atom. The van der Waals surface area contributed by atoms with Crippen molar-refractivity contribution in [2.45, 2.75) is 39.3 Å². The van der Waals surface area contributed by atoms with E-state index in [9.17, 15) is 9.59 Å². The Morgan fingerprint density at radius 3 is 2.62 bits per heavy atom. The summed E-state index contributed by atoms with van der Waals surface area (Å²) in [5, 5.41) is 4.57. The Bertz CT molecular complexity index is 1080. The summed E-state index contributed by atoms with van der Waals surface area (Å²) in [5.74, 6) is -0.0584. The quantitative estimate of drug-likeness (QED) is 0.391. The number of carbonyl (C=O) groups is 2. The average molecular weight is 436 g/mol. The van der Waals surface area contributed by atoms with Gasteiger partial charge in [0, 0.05) is 30.7 Å². The molecule has 0 unspecified atom stereocenters. The van der Waals surface area contributed by atoms with Crippen molar-refractivity contribution in [3.05, 3.63) is 71.5 Å². The van der Waals surface area contributed by atoms with Gasteiger partial charge >= 0.3 is 5.97 Å².